The maximum absolute atomic E-state index is 13.2. The maximum Gasteiger partial charge on any atom is 0.295 e. The summed E-state index contributed by atoms with van der Waals surface area (Å²) in [5, 5.41) is 1.36. The van der Waals surface area contributed by atoms with Crippen LogP contribution in [0, 0.1) is 0 Å². The van der Waals surface area contributed by atoms with Crippen molar-refractivity contribution in [3.05, 3.63) is 147 Å². The number of anilines is 2. The number of piperazine rings is 2. The SMILES string of the molecule is CCC[CH2][Sn]([CH2]CCC)([CH2]CCC)[c]1cnc(N)cn1.II.Nc1cnc(-c2ncc(Cl)c3c(C(=O)C(=O)N4CCN(C(=O)c5ccccc5)CC4)c[nH]c23)cn1.O=C(C(=O)N1CCN(C(=O)c2ccccc2)CC1)c1c[nH]c2c(Br)ncc(Cl)c12. The van der Waals surface area contributed by atoms with E-state index in [-0.39, 0.29) is 46.9 Å². The molecule has 0 aliphatic carbocycles. The van der Waals surface area contributed by atoms with E-state index in [9.17, 15) is 28.8 Å². The number of unbranched alkanes of at least 4 members (excludes halogenated alkanes) is 3. The van der Waals surface area contributed by atoms with Gasteiger partial charge in [0.25, 0.3) is 35.2 Å². The van der Waals surface area contributed by atoms with E-state index in [0.29, 0.717) is 99.0 Å². The Morgan fingerprint density at radius 2 is 0.942 bits per heavy atom. The summed E-state index contributed by atoms with van der Waals surface area (Å²) >= 11 is 17.8. The van der Waals surface area contributed by atoms with Gasteiger partial charge in [0, 0.05) is 136 Å². The van der Waals surface area contributed by atoms with Crippen molar-refractivity contribution in [2.24, 2.45) is 0 Å². The molecule has 0 atom stereocenters. The summed E-state index contributed by atoms with van der Waals surface area (Å²) in [5.41, 5.74) is 14.8. The van der Waals surface area contributed by atoms with E-state index < -0.39 is 41.8 Å². The number of rotatable bonds is 17. The molecule has 2 aromatic carbocycles. The van der Waals surface area contributed by atoms with Gasteiger partial charge in [-0.05, 0) is 40.2 Å². The van der Waals surface area contributed by atoms with E-state index in [0.717, 1.165) is 0 Å². The van der Waals surface area contributed by atoms with Crippen LogP contribution in [0.2, 0.25) is 23.4 Å². The third-order valence-corrected chi connectivity index (χ3v) is 31.3. The van der Waals surface area contributed by atoms with Crippen molar-refractivity contribution in [1.29, 1.82) is 0 Å². The van der Waals surface area contributed by atoms with Crippen molar-refractivity contribution in [2.75, 3.05) is 63.8 Å². The van der Waals surface area contributed by atoms with Crippen molar-refractivity contribution >= 4 is 167 Å². The Balaban J connectivity index is 0.000000189. The maximum atomic E-state index is 13.2. The van der Waals surface area contributed by atoms with Crippen LogP contribution >= 0.6 is 76.4 Å². The molecule has 10 rings (SSSR count). The van der Waals surface area contributed by atoms with Crippen LogP contribution in [0.3, 0.4) is 0 Å². The fraction of sp³-hybridized carbons (Fsp3) is 0.333. The molecule has 0 radical (unpaired) electrons. The standard InChI is InChI=1S/C24H20ClN7O3.C20H16BrClN4O3.C4H4N3.3C4H9.I2.Sn/c25-16-11-30-20(17-12-28-18(26)13-27-17)21-19(16)15(10-29-21)22(33)24(35)32-8-6-31(7-9-32)23(34)14-4-2-1-3-5-14;21-18-16-15(14(22)11-24-18)13(10-23-16)17(27)20(29)26-8-6-25(7-9-26)19(28)12-4-2-1-3-5-12;5-4-3-6-1-2-7-4;3*1-3-4-2;1-2;/h1-5,10-13,29H,6-9H2,(H2,26,28);1-5,10-11,23H,6-9H2;2-3H,(H2,5,7);3*1,3-4H2,2H3;;. The van der Waals surface area contributed by atoms with Crippen LogP contribution in [-0.2, 0) is 9.59 Å². The van der Waals surface area contributed by atoms with Crippen LogP contribution in [0.4, 0.5) is 11.6 Å². The first-order valence-electron chi connectivity index (χ1n) is 28.2. The Morgan fingerprint density at radius 1 is 0.535 bits per heavy atom. The zero-order valence-corrected chi connectivity index (χ0v) is 58.1. The van der Waals surface area contributed by atoms with E-state index in [4.69, 9.17) is 39.7 Å². The normalized spacial score (nSPS) is 13.2. The number of carbonyl (C=O) groups excluding carboxylic acids is 6. The predicted molar refractivity (Wildman–Crippen MR) is 361 cm³/mol. The second-order valence-corrected chi connectivity index (χ2v) is 35.2. The molecule has 6 N–H and O–H groups in total. The van der Waals surface area contributed by atoms with Gasteiger partial charge in [0.15, 0.2) is 0 Å². The van der Waals surface area contributed by atoms with Gasteiger partial charge in [0.2, 0.25) is 0 Å². The number of aromatic amines is 2. The molecule has 26 heteroatoms. The van der Waals surface area contributed by atoms with Gasteiger partial charge < -0.3 is 35.3 Å². The minimum atomic E-state index is -2.36. The smallest absolute Gasteiger partial charge is 0.295 e. The number of H-pyrrole nitrogens is 2. The predicted octanol–water partition coefficient (Wildman–Crippen LogP) is 11.5. The second-order valence-electron chi connectivity index (χ2n) is 20.6. The zero-order valence-electron chi connectivity index (χ0n) is 47.9. The Labute approximate surface area is 545 Å². The van der Waals surface area contributed by atoms with E-state index in [2.05, 4.69) is 109 Å². The summed E-state index contributed by atoms with van der Waals surface area (Å²) in [5.74, 6) is -1.96. The molecule has 0 saturated carbocycles. The fourth-order valence-electron chi connectivity index (χ4n) is 10.4. The molecule has 0 spiro atoms. The molecule has 0 unspecified atom stereocenters. The van der Waals surface area contributed by atoms with E-state index in [1.807, 2.05) is 30.5 Å². The van der Waals surface area contributed by atoms with Crippen molar-refractivity contribution in [3.8, 4) is 11.4 Å². The molecular formula is C60H67BrCl2I2N14O6Sn. The minimum Gasteiger partial charge on any atom is -0.382 e. The molecule has 8 heterocycles. The Kier molecular flexibility index (Phi) is 25.9. The molecule has 2 aliphatic heterocycles. The fourth-order valence-corrected chi connectivity index (χ4v) is 26.4. The number of hydrogen-bond donors (Lipinski definition) is 4. The average Bonchev–Trinajstić information content (AvgIpc) is 2.02. The first-order chi connectivity index (χ1) is 41.6. The minimum absolute atomic E-state index is 0.0789. The molecule has 0 bridgehead atoms. The number of Topliss-reactive ketones (excluding diaryl/α,β-unsaturated/α-hetero) is 2. The second kappa shape index (κ2) is 32.9. The van der Waals surface area contributed by atoms with Crippen molar-refractivity contribution in [3.63, 3.8) is 0 Å². The number of nitrogens with zero attached hydrogens (tertiary/aromatic N) is 10. The molecule has 86 heavy (non-hydrogen) atoms. The number of fused-ring (bicyclic) bond motifs is 2. The number of ketones is 2. The third kappa shape index (κ3) is 16.6. The Hall–Kier alpha value is -5.88. The van der Waals surface area contributed by atoms with Crippen LogP contribution in [0.25, 0.3) is 33.2 Å². The molecule has 4 amide bonds. The van der Waals surface area contributed by atoms with Gasteiger partial charge in [-0.25, -0.2) is 15.0 Å². The number of nitrogens with two attached hydrogens (primary N) is 2. The molecule has 8 aromatic rings. The summed E-state index contributed by atoms with van der Waals surface area (Å²) in [6, 6.07) is 18.0. The number of benzene rings is 2. The van der Waals surface area contributed by atoms with Gasteiger partial charge in [0.1, 0.15) is 21.8 Å². The molecular weight excluding hydrogens is 1540 g/mol. The number of halogens is 5. The molecule has 452 valence electrons. The monoisotopic (exact) mass is 1600 g/mol. The van der Waals surface area contributed by atoms with Gasteiger partial charge in [-0.15, -0.1) is 0 Å². The van der Waals surface area contributed by atoms with Crippen LogP contribution in [0.5, 0.6) is 0 Å². The molecule has 2 aliphatic rings. The van der Waals surface area contributed by atoms with Gasteiger partial charge in [-0.2, -0.15) is 0 Å². The first kappa shape index (κ1) is 67.6. The van der Waals surface area contributed by atoms with Crippen molar-refractivity contribution < 1.29 is 28.8 Å². The number of nitrogens with one attached hydrogen (secondary N) is 2. The van der Waals surface area contributed by atoms with Crippen molar-refractivity contribution in [1.82, 2.24) is 59.5 Å². The molecule has 6 aromatic heterocycles. The number of aromatic nitrogens is 8. The molecule has 2 fully saturated rings. The van der Waals surface area contributed by atoms with Crippen molar-refractivity contribution in [2.45, 2.75) is 72.6 Å². The summed E-state index contributed by atoms with van der Waals surface area (Å²) in [7, 11) is 0. The number of nitrogen functional groups attached to an aromatic ring is 2. The van der Waals surface area contributed by atoms with Gasteiger partial charge >= 0.3 is 129 Å². The summed E-state index contributed by atoms with van der Waals surface area (Å²) < 4.78 is 6.18. The molecule has 2 saturated heterocycles. The van der Waals surface area contributed by atoms with E-state index >= 15 is 0 Å². The van der Waals surface area contributed by atoms with Crippen LogP contribution < -0.4 is 15.2 Å². The van der Waals surface area contributed by atoms with Gasteiger partial charge in [-0.3, -0.25) is 33.8 Å². The number of carbonyl (C=O) groups is 6. The quantitative estimate of drug-likeness (QED) is 0.0217. The number of amides is 4. The zero-order chi connectivity index (χ0) is 61.9. The largest absolute Gasteiger partial charge is 0.382 e. The third-order valence-electron chi connectivity index (χ3n) is 15.1. The Morgan fingerprint density at radius 3 is 1.36 bits per heavy atom. The average molecular weight is 1600 g/mol. The van der Waals surface area contributed by atoms with Crippen LogP contribution in [0.1, 0.15) is 101 Å². The molecule has 20 nitrogen and oxygen atoms in total. The first-order valence-corrected chi connectivity index (χ1v) is 43.5. The Bertz CT molecular complexity index is 3590. The summed E-state index contributed by atoms with van der Waals surface area (Å²) in [6.07, 6.45) is 20.3. The van der Waals surface area contributed by atoms with Crippen LogP contribution in [0.15, 0.2) is 115 Å². The van der Waals surface area contributed by atoms with E-state index in [1.54, 1.807) is 52.4 Å². The van der Waals surface area contributed by atoms with Gasteiger partial charge in [-0.1, -0.05) is 59.6 Å². The van der Waals surface area contributed by atoms with E-state index in [1.165, 1.54) is 103 Å². The van der Waals surface area contributed by atoms with Crippen LogP contribution in [-0.4, -0.2) is 165 Å². The topological polar surface area (TPSA) is 276 Å². The number of hydrogen-bond acceptors (Lipinski definition) is 14. The number of pyridine rings is 2. The summed E-state index contributed by atoms with van der Waals surface area (Å²) in [4.78, 5) is 115. The van der Waals surface area contributed by atoms with Gasteiger partial charge in [0.05, 0.1) is 44.6 Å². The summed E-state index contributed by atoms with van der Waals surface area (Å²) in [6.45, 7) is 9.42.